The highest BCUT2D eigenvalue weighted by molar-refractivity contribution is 6.06. The molecule has 4 rings (SSSR count). The highest BCUT2D eigenvalue weighted by Crippen LogP contribution is 2.35. The molecule has 1 atom stereocenters. The third kappa shape index (κ3) is 4.67. The first-order valence-electron chi connectivity index (χ1n) is 11.5. The van der Waals surface area contributed by atoms with Gasteiger partial charge < -0.3 is 19.4 Å². The number of carbonyl (C=O) groups excluding carboxylic acids is 4. The highest BCUT2D eigenvalue weighted by Gasteiger charge is 2.40. The van der Waals surface area contributed by atoms with Gasteiger partial charge in [0.2, 0.25) is 11.8 Å². The molecule has 1 unspecified atom stereocenters. The third-order valence-corrected chi connectivity index (χ3v) is 6.60. The van der Waals surface area contributed by atoms with Crippen molar-refractivity contribution >= 4 is 29.5 Å². The maximum absolute atomic E-state index is 13.1. The van der Waals surface area contributed by atoms with Crippen LogP contribution in [0.5, 0.6) is 0 Å². The number of carbonyl (C=O) groups is 4. The predicted molar refractivity (Wildman–Crippen MR) is 122 cm³/mol. The van der Waals surface area contributed by atoms with Crippen LogP contribution in [0, 0.1) is 0 Å². The number of hydrogen-bond donors (Lipinski definition) is 1. The Hall–Kier alpha value is -3.10. The number of hydrogen-bond acceptors (Lipinski definition) is 6. The standard InChI is InChI=1S/C24H32N4O5/c1-24(2,3)33-23(32)27-12-10-15(11-13-27)26(4)18-7-5-6-16-17(18)14-28(22(16)31)19-8-9-20(29)25-21(19)30/h5-7,15,19H,8-14H2,1-4H3,(H,25,29,30). The number of piperidine rings is 2. The van der Waals surface area contributed by atoms with Crippen molar-refractivity contribution in [1.29, 1.82) is 0 Å². The third-order valence-electron chi connectivity index (χ3n) is 6.60. The molecule has 0 saturated carbocycles. The van der Waals surface area contributed by atoms with Gasteiger partial charge in [-0.15, -0.1) is 0 Å². The first-order valence-corrected chi connectivity index (χ1v) is 11.5. The molecule has 9 nitrogen and oxygen atoms in total. The number of rotatable bonds is 3. The van der Waals surface area contributed by atoms with Gasteiger partial charge in [0.1, 0.15) is 11.6 Å². The van der Waals surface area contributed by atoms with Gasteiger partial charge in [0.25, 0.3) is 5.91 Å². The van der Waals surface area contributed by atoms with E-state index in [9.17, 15) is 19.2 Å². The molecule has 4 amide bonds. The van der Waals surface area contributed by atoms with E-state index in [2.05, 4.69) is 10.2 Å². The summed E-state index contributed by atoms with van der Waals surface area (Å²) in [6.45, 7) is 7.15. The molecule has 3 aliphatic heterocycles. The molecule has 3 aliphatic rings. The fraction of sp³-hybridized carbons (Fsp3) is 0.583. The largest absolute Gasteiger partial charge is 0.444 e. The summed E-state index contributed by atoms with van der Waals surface area (Å²) in [6.07, 6.45) is 1.89. The van der Waals surface area contributed by atoms with Gasteiger partial charge in [0.15, 0.2) is 0 Å². The van der Waals surface area contributed by atoms with Crippen LogP contribution in [-0.4, -0.2) is 71.4 Å². The first kappa shape index (κ1) is 23.1. The lowest BCUT2D eigenvalue weighted by atomic mass is 10.0. The average Bonchev–Trinajstić information content (AvgIpc) is 3.08. The van der Waals surface area contributed by atoms with Crippen molar-refractivity contribution in [2.24, 2.45) is 0 Å². The van der Waals surface area contributed by atoms with E-state index < -0.39 is 17.6 Å². The zero-order chi connectivity index (χ0) is 23.9. The summed E-state index contributed by atoms with van der Waals surface area (Å²) >= 11 is 0. The number of ether oxygens (including phenoxy) is 1. The van der Waals surface area contributed by atoms with Crippen LogP contribution in [0.3, 0.4) is 0 Å². The summed E-state index contributed by atoms with van der Waals surface area (Å²) in [4.78, 5) is 54.8. The van der Waals surface area contributed by atoms with Gasteiger partial charge in [-0.05, 0) is 52.2 Å². The van der Waals surface area contributed by atoms with Crippen molar-refractivity contribution in [3.8, 4) is 0 Å². The summed E-state index contributed by atoms with van der Waals surface area (Å²) in [5.41, 5.74) is 1.96. The summed E-state index contributed by atoms with van der Waals surface area (Å²) in [5, 5.41) is 2.35. The van der Waals surface area contributed by atoms with Crippen molar-refractivity contribution in [1.82, 2.24) is 15.1 Å². The van der Waals surface area contributed by atoms with Gasteiger partial charge in [-0.3, -0.25) is 19.7 Å². The van der Waals surface area contributed by atoms with Crippen LogP contribution < -0.4 is 10.2 Å². The van der Waals surface area contributed by atoms with E-state index in [0.29, 0.717) is 31.6 Å². The number of anilines is 1. The molecule has 0 aromatic heterocycles. The maximum atomic E-state index is 13.1. The lowest BCUT2D eigenvalue weighted by Crippen LogP contribution is -2.52. The monoisotopic (exact) mass is 456 g/mol. The van der Waals surface area contributed by atoms with E-state index in [0.717, 1.165) is 24.1 Å². The van der Waals surface area contributed by atoms with Crippen LogP contribution in [0.2, 0.25) is 0 Å². The first-order chi connectivity index (χ1) is 15.5. The van der Waals surface area contributed by atoms with Gasteiger partial charge in [-0.25, -0.2) is 4.79 Å². The minimum absolute atomic E-state index is 0.172. The quantitative estimate of drug-likeness (QED) is 0.701. The Kier molecular flexibility index (Phi) is 6.07. The van der Waals surface area contributed by atoms with Crippen LogP contribution in [0.1, 0.15) is 62.4 Å². The minimum Gasteiger partial charge on any atom is -0.444 e. The SMILES string of the molecule is CN(c1cccc2c1CN(C1CCC(=O)NC1=O)C2=O)C1CCN(C(=O)OC(C)(C)C)CC1. The second kappa shape index (κ2) is 8.68. The Morgan fingerprint density at radius 1 is 1.12 bits per heavy atom. The summed E-state index contributed by atoms with van der Waals surface area (Å²) in [6, 6.07) is 5.26. The van der Waals surface area contributed by atoms with E-state index in [1.54, 1.807) is 15.9 Å². The molecule has 0 bridgehead atoms. The molecular formula is C24H32N4O5. The fourth-order valence-corrected chi connectivity index (χ4v) is 4.86. The Morgan fingerprint density at radius 3 is 2.45 bits per heavy atom. The van der Waals surface area contributed by atoms with E-state index in [4.69, 9.17) is 4.74 Å². The second-order valence-corrected chi connectivity index (χ2v) is 10.0. The molecule has 33 heavy (non-hydrogen) atoms. The number of amides is 4. The zero-order valence-electron chi connectivity index (χ0n) is 19.7. The van der Waals surface area contributed by atoms with Crippen LogP contribution in [0.15, 0.2) is 18.2 Å². The van der Waals surface area contributed by atoms with Crippen LogP contribution in [-0.2, 0) is 20.9 Å². The van der Waals surface area contributed by atoms with E-state index in [1.807, 2.05) is 40.0 Å². The maximum Gasteiger partial charge on any atom is 0.410 e. The number of likely N-dealkylation sites (tertiary alicyclic amines) is 1. The average molecular weight is 457 g/mol. The highest BCUT2D eigenvalue weighted by atomic mass is 16.6. The fourth-order valence-electron chi connectivity index (χ4n) is 4.86. The lowest BCUT2D eigenvalue weighted by Gasteiger charge is -2.38. The molecule has 0 aliphatic carbocycles. The van der Waals surface area contributed by atoms with Crippen LogP contribution in [0.4, 0.5) is 10.5 Å². The van der Waals surface area contributed by atoms with E-state index in [1.165, 1.54) is 0 Å². The number of nitrogens with one attached hydrogen (secondary N) is 1. The number of nitrogens with zero attached hydrogens (tertiary/aromatic N) is 3. The molecule has 2 fully saturated rings. The van der Waals surface area contributed by atoms with E-state index >= 15 is 0 Å². The second-order valence-electron chi connectivity index (χ2n) is 10.0. The van der Waals surface area contributed by atoms with Crippen molar-refractivity contribution in [2.75, 3.05) is 25.0 Å². The Balaban J connectivity index is 1.45. The number of fused-ring (bicyclic) bond motifs is 1. The van der Waals surface area contributed by atoms with E-state index in [-0.39, 0.29) is 30.4 Å². The smallest absolute Gasteiger partial charge is 0.410 e. The van der Waals surface area contributed by atoms with Crippen molar-refractivity contribution in [2.45, 2.75) is 70.7 Å². The molecule has 1 aromatic rings. The molecule has 178 valence electrons. The predicted octanol–water partition coefficient (Wildman–Crippen LogP) is 2.28. The molecule has 0 radical (unpaired) electrons. The normalized spacial score (nSPS) is 21.7. The Bertz CT molecular complexity index is 978. The number of benzene rings is 1. The van der Waals surface area contributed by atoms with Gasteiger partial charge in [0, 0.05) is 56.0 Å². The molecule has 1 aromatic carbocycles. The van der Waals surface area contributed by atoms with Gasteiger partial charge >= 0.3 is 6.09 Å². The summed E-state index contributed by atoms with van der Waals surface area (Å²) in [7, 11) is 2.02. The van der Waals surface area contributed by atoms with Gasteiger partial charge in [0.05, 0.1) is 0 Å². The molecule has 0 spiro atoms. The van der Waals surface area contributed by atoms with Crippen LogP contribution in [0.25, 0.3) is 0 Å². The van der Waals surface area contributed by atoms with Crippen molar-refractivity contribution in [3.63, 3.8) is 0 Å². The summed E-state index contributed by atoms with van der Waals surface area (Å²) in [5.74, 6) is -0.870. The number of imide groups is 1. The minimum atomic E-state index is -0.627. The topological polar surface area (TPSA) is 99.3 Å². The van der Waals surface area contributed by atoms with Crippen LogP contribution >= 0.6 is 0 Å². The Morgan fingerprint density at radius 2 is 1.82 bits per heavy atom. The Labute approximate surface area is 194 Å². The van der Waals surface area contributed by atoms with Crippen molar-refractivity contribution in [3.05, 3.63) is 29.3 Å². The zero-order valence-corrected chi connectivity index (χ0v) is 19.7. The molecular weight excluding hydrogens is 424 g/mol. The molecule has 3 heterocycles. The van der Waals surface area contributed by atoms with Gasteiger partial charge in [-0.1, -0.05) is 6.07 Å². The molecule has 9 heteroatoms. The molecule has 2 saturated heterocycles. The molecule has 1 N–H and O–H groups in total. The van der Waals surface area contributed by atoms with Gasteiger partial charge in [-0.2, -0.15) is 0 Å². The van der Waals surface area contributed by atoms with Crippen molar-refractivity contribution < 1.29 is 23.9 Å². The lowest BCUT2D eigenvalue weighted by molar-refractivity contribution is -0.136. The summed E-state index contributed by atoms with van der Waals surface area (Å²) < 4.78 is 5.49.